The van der Waals surface area contributed by atoms with Crippen LogP contribution in [0.15, 0.2) is 59.7 Å². The minimum Gasteiger partial charge on any atom is -0.504 e. The molecular formula is C20H18N2O5. The molecule has 0 bridgehead atoms. The molecule has 7 nitrogen and oxygen atoms in total. The summed E-state index contributed by atoms with van der Waals surface area (Å²) in [6.45, 7) is 0.236. The van der Waals surface area contributed by atoms with Gasteiger partial charge < -0.3 is 19.3 Å². The largest absolute Gasteiger partial charge is 0.504 e. The van der Waals surface area contributed by atoms with Crippen molar-refractivity contribution in [3.8, 4) is 23.0 Å². The molecule has 0 radical (unpaired) electrons. The van der Waals surface area contributed by atoms with Crippen LogP contribution in [0.3, 0.4) is 0 Å². The number of benzene rings is 2. The lowest BCUT2D eigenvalue weighted by Gasteiger charge is -2.03. The number of fused-ring (bicyclic) bond motifs is 1. The van der Waals surface area contributed by atoms with Gasteiger partial charge in [0.1, 0.15) is 0 Å². The summed E-state index contributed by atoms with van der Waals surface area (Å²) in [6, 6.07) is 10.3. The number of hydrogen-bond donors (Lipinski definition) is 2. The van der Waals surface area contributed by atoms with E-state index in [2.05, 4.69) is 10.5 Å². The van der Waals surface area contributed by atoms with Gasteiger partial charge in [0.15, 0.2) is 23.0 Å². The molecule has 2 aromatic rings. The van der Waals surface area contributed by atoms with Crippen molar-refractivity contribution < 1.29 is 24.1 Å². The first-order valence-electron chi connectivity index (χ1n) is 8.10. The molecule has 0 spiro atoms. The van der Waals surface area contributed by atoms with Gasteiger partial charge in [-0.25, -0.2) is 5.43 Å². The van der Waals surface area contributed by atoms with E-state index < -0.39 is 0 Å². The highest BCUT2D eigenvalue weighted by Crippen LogP contribution is 2.32. The molecule has 3 rings (SSSR count). The van der Waals surface area contributed by atoms with E-state index in [0.29, 0.717) is 17.1 Å². The van der Waals surface area contributed by atoms with Crippen LogP contribution in [0.5, 0.6) is 23.0 Å². The quantitative estimate of drug-likeness (QED) is 0.355. The van der Waals surface area contributed by atoms with E-state index in [9.17, 15) is 9.90 Å². The predicted molar refractivity (Wildman–Crippen MR) is 101 cm³/mol. The normalized spacial score (nSPS) is 12.9. The lowest BCUT2D eigenvalue weighted by atomic mass is 10.2. The Morgan fingerprint density at radius 2 is 1.96 bits per heavy atom. The number of carbonyl (C=O) groups is 1. The summed E-state index contributed by atoms with van der Waals surface area (Å²) in [5.74, 6) is 1.44. The van der Waals surface area contributed by atoms with E-state index in [1.54, 1.807) is 24.3 Å². The van der Waals surface area contributed by atoms with Gasteiger partial charge in [-0.05, 0) is 41.5 Å². The Kier molecular flexibility index (Phi) is 5.73. The zero-order valence-electron chi connectivity index (χ0n) is 14.6. The SMILES string of the molecule is COc1cc(/C=N\NC(=O)/C=C/C=C/c2ccc3c(c2)OCO3)ccc1O. The van der Waals surface area contributed by atoms with Crippen molar-refractivity contribution in [1.82, 2.24) is 5.43 Å². The molecule has 2 N–H and O–H groups in total. The predicted octanol–water partition coefficient (Wildman–Crippen LogP) is 2.85. The third-order valence-electron chi connectivity index (χ3n) is 3.64. The molecule has 27 heavy (non-hydrogen) atoms. The van der Waals surface area contributed by atoms with E-state index in [4.69, 9.17) is 14.2 Å². The van der Waals surface area contributed by atoms with E-state index in [0.717, 1.165) is 11.3 Å². The molecule has 138 valence electrons. The molecule has 1 amide bonds. The van der Waals surface area contributed by atoms with Crippen LogP contribution < -0.4 is 19.6 Å². The summed E-state index contributed by atoms with van der Waals surface area (Å²) >= 11 is 0. The van der Waals surface area contributed by atoms with Gasteiger partial charge in [-0.1, -0.05) is 24.3 Å². The van der Waals surface area contributed by atoms with Crippen molar-refractivity contribution in [2.24, 2.45) is 5.10 Å². The highest BCUT2D eigenvalue weighted by atomic mass is 16.7. The number of rotatable bonds is 6. The second-order valence-corrected chi connectivity index (χ2v) is 5.50. The molecule has 0 fully saturated rings. The Labute approximate surface area is 156 Å². The minimum absolute atomic E-state index is 0.0378. The van der Waals surface area contributed by atoms with Crippen molar-refractivity contribution in [2.75, 3.05) is 13.9 Å². The fraction of sp³-hybridized carbons (Fsp3) is 0.100. The number of nitrogens with one attached hydrogen (secondary N) is 1. The Hall–Kier alpha value is -3.74. The standard InChI is InChI=1S/C20H18N2O5/c1-25-18-11-15(6-8-16(18)23)12-21-22-20(24)5-3-2-4-14-7-9-17-19(10-14)27-13-26-17/h2-12,23H,13H2,1H3,(H,22,24)/b4-2+,5-3+,21-12-. The number of phenolic OH excluding ortho intramolecular Hbond substituents is 1. The number of nitrogens with zero attached hydrogens (tertiary/aromatic N) is 1. The molecule has 0 saturated heterocycles. The third-order valence-corrected chi connectivity index (χ3v) is 3.64. The fourth-order valence-electron chi connectivity index (χ4n) is 2.31. The van der Waals surface area contributed by atoms with Crippen molar-refractivity contribution in [3.05, 3.63) is 65.8 Å². The molecule has 0 atom stereocenters. The Morgan fingerprint density at radius 3 is 2.81 bits per heavy atom. The molecule has 2 aromatic carbocycles. The van der Waals surface area contributed by atoms with Crippen LogP contribution in [0.4, 0.5) is 0 Å². The van der Waals surface area contributed by atoms with Crippen LogP contribution in [-0.2, 0) is 4.79 Å². The number of hydrogen-bond acceptors (Lipinski definition) is 6. The van der Waals surface area contributed by atoms with Crippen LogP contribution >= 0.6 is 0 Å². The lowest BCUT2D eigenvalue weighted by Crippen LogP contribution is -2.14. The lowest BCUT2D eigenvalue weighted by molar-refractivity contribution is -0.116. The van der Waals surface area contributed by atoms with Crippen LogP contribution in [0.25, 0.3) is 6.08 Å². The van der Waals surface area contributed by atoms with Gasteiger partial charge in [-0.15, -0.1) is 0 Å². The number of amides is 1. The second-order valence-electron chi connectivity index (χ2n) is 5.50. The van der Waals surface area contributed by atoms with Crippen molar-refractivity contribution >= 4 is 18.2 Å². The van der Waals surface area contributed by atoms with Gasteiger partial charge in [-0.2, -0.15) is 5.10 Å². The zero-order valence-corrected chi connectivity index (χ0v) is 14.6. The minimum atomic E-state index is -0.368. The maximum absolute atomic E-state index is 11.7. The highest BCUT2D eigenvalue weighted by molar-refractivity contribution is 5.89. The van der Waals surface area contributed by atoms with E-state index >= 15 is 0 Å². The van der Waals surface area contributed by atoms with Crippen LogP contribution in [-0.4, -0.2) is 31.1 Å². The molecule has 1 heterocycles. The van der Waals surface area contributed by atoms with E-state index in [-0.39, 0.29) is 18.4 Å². The first kappa shape index (κ1) is 18.1. The fourth-order valence-corrected chi connectivity index (χ4v) is 2.31. The maximum Gasteiger partial charge on any atom is 0.264 e. The average molecular weight is 366 g/mol. The topological polar surface area (TPSA) is 89.4 Å². The third kappa shape index (κ3) is 4.88. The molecule has 1 aliphatic heterocycles. The van der Waals surface area contributed by atoms with Crippen LogP contribution in [0.1, 0.15) is 11.1 Å². The Morgan fingerprint density at radius 1 is 1.15 bits per heavy atom. The van der Waals surface area contributed by atoms with Crippen molar-refractivity contribution in [3.63, 3.8) is 0 Å². The molecule has 7 heteroatoms. The highest BCUT2D eigenvalue weighted by Gasteiger charge is 2.11. The summed E-state index contributed by atoms with van der Waals surface area (Å²) in [6.07, 6.45) is 8.01. The Bertz CT molecular complexity index is 919. The van der Waals surface area contributed by atoms with Gasteiger partial charge >= 0.3 is 0 Å². The number of phenols is 1. The number of allylic oxidation sites excluding steroid dienone is 2. The van der Waals surface area contributed by atoms with Crippen LogP contribution in [0, 0.1) is 0 Å². The first-order chi connectivity index (χ1) is 13.2. The van der Waals surface area contributed by atoms with Crippen molar-refractivity contribution in [1.29, 1.82) is 0 Å². The molecule has 0 unspecified atom stereocenters. The molecule has 0 aliphatic carbocycles. The van der Waals surface area contributed by atoms with Gasteiger partial charge in [-0.3, -0.25) is 4.79 Å². The monoisotopic (exact) mass is 366 g/mol. The first-order valence-corrected chi connectivity index (χ1v) is 8.10. The van der Waals surface area contributed by atoms with Crippen LogP contribution in [0.2, 0.25) is 0 Å². The van der Waals surface area contributed by atoms with Gasteiger partial charge in [0.25, 0.3) is 5.91 Å². The number of ether oxygens (including phenoxy) is 3. The molecule has 0 aromatic heterocycles. The van der Waals surface area contributed by atoms with Gasteiger partial charge in [0, 0.05) is 6.08 Å². The smallest absolute Gasteiger partial charge is 0.264 e. The molecule has 0 saturated carbocycles. The maximum atomic E-state index is 11.7. The zero-order chi connectivity index (χ0) is 19.1. The number of methoxy groups -OCH3 is 1. The average Bonchev–Trinajstić information content (AvgIpc) is 3.14. The van der Waals surface area contributed by atoms with Gasteiger partial charge in [0.05, 0.1) is 13.3 Å². The molecule has 1 aliphatic rings. The summed E-state index contributed by atoms with van der Waals surface area (Å²) in [5.41, 5.74) is 4.00. The number of carbonyl (C=O) groups excluding carboxylic acids is 1. The summed E-state index contributed by atoms with van der Waals surface area (Å²) < 4.78 is 15.6. The van der Waals surface area contributed by atoms with E-state index in [1.807, 2.05) is 24.3 Å². The van der Waals surface area contributed by atoms with Crippen molar-refractivity contribution in [2.45, 2.75) is 0 Å². The summed E-state index contributed by atoms with van der Waals surface area (Å²) in [5, 5.41) is 13.4. The second kappa shape index (κ2) is 8.57. The number of aromatic hydroxyl groups is 1. The summed E-state index contributed by atoms with van der Waals surface area (Å²) in [4.78, 5) is 11.7. The number of hydrazone groups is 1. The van der Waals surface area contributed by atoms with E-state index in [1.165, 1.54) is 25.5 Å². The summed E-state index contributed by atoms with van der Waals surface area (Å²) in [7, 11) is 1.46. The Balaban J connectivity index is 1.50. The molecular weight excluding hydrogens is 348 g/mol. The van der Waals surface area contributed by atoms with Gasteiger partial charge in [0.2, 0.25) is 6.79 Å².